The van der Waals surface area contributed by atoms with Crippen molar-refractivity contribution in [2.75, 3.05) is 6.54 Å². The molecule has 0 atom stereocenters. The maximum atomic E-state index is 13.0. The van der Waals surface area contributed by atoms with Gasteiger partial charge in [0.25, 0.3) is 5.92 Å². The van der Waals surface area contributed by atoms with Crippen LogP contribution in [0.2, 0.25) is 0 Å². The molecule has 0 radical (unpaired) electrons. The van der Waals surface area contributed by atoms with Crippen LogP contribution in [-0.2, 0) is 5.92 Å². The molecule has 0 fully saturated rings. The molecule has 0 aromatic heterocycles. The largest absolute Gasteiger partial charge is 0.478 e. The fourth-order valence-corrected chi connectivity index (χ4v) is 0.998. The van der Waals surface area contributed by atoms with Gasteiger partial charge in [-0.15, -0.1) is 12.4 Å². The van der Waals surface area contributed by atoms with Crippen LogP contribution >= 0.6 is 12.4 Å². The van der Waals surface area contributed by atoms with Crippen LogP contribution in [0, 0.1) is 0 Å². The van der Waals surface area contributed by atoms with Crippen molar-refractivity contribution in [1.29, 1.82) is 0 Å². The third kappa shape index (κ3) is 3.14. The average Bonchev–Trinajstić information content (AvgIpc) is 2.18. The van der Waals surface area contributed by atoms with Crippen LogP contribution in [0.5, 0.6) is 0 Å². The predicted octanol–water partition coefficient (Wildman–Crippen LogP) is 1.86. The van der Waals surface area contributed by atoms with Crippen LogP contribution in [0.4, 0.5) is 8.78 Å². The fourth-order valence-electron chi connectivity index (χ4n) is 0.998. The third-order valence-electron chi connectivity index (χ3n) is 1.79. The first-order chi connectivity index (χ1) is 6.47. The van der Waals surface area contributed by atoms with E-state index in [-0.39, 0.29) is 23.5 Å². The standard InChI is InChI=1S/C9H9F2NO2.ClH/c10-9(11,5-12)7-3-1-2-6(4-7)8(13)14;/h1-4H,5,12H2,(H,13,14);1H. The summed E-state index contributed by atoms with van der Waals surface area (Å²) in [6.07, 6.45) is 0. The molecule has 1 aromatic carbocycles. The first kappa shape index (κ1) is 13.8. The molecule has 0 heterocycles. The second-order valence-corrected chi connectivity index (χ2v) is 2.79. The van der Waals surface area contributed by atoms with Gasteiger partial charge in [-0.25, -0.2) is 4.79 Å². The maximum absolute atomic E-state index is 13.0. The summed E-state index contributed by atoms with van der Waals surface area (Å²) >= 11 is 0. The zero-order chi connectivity index (χ0) is 10.8. The SMILES string of the molecule is Cl.NCC(F)(F)c1cccc(C(=O)O)c1. The van der Waals surface area contributed by atoms with Crippen molar-refractivity contribution in [2.24, 2.45) is 5.73 Å². The summed E-state index contributed by atoms with van der Waals surface area (Å²) in [6.45, 7) is -0.837. The summed E-state index contributed by atoms with van der Waals surface area (Å²) in [5.41, 5.74) is 4.32. The molecule has 0 aliphatic carbocycles. The van der Waals surface area contributed by atoms with Crippen molar-refractivity contribution in [3.05, 3.63) is 35.4 Å². The molecule has 0 unspecified atom stereocenters. The van der Waals surface area contributed by atoms with Gasteiger partial charge in [0.15, 0.2) is 0 Å². The van der Waals surface area contributed by atoms with E-state index in [0.717, 1.165) is 12.1 Å². The molecule has 1 aromatic rings. The number of carbonyl (C=O) groups is 1. The summed E-state index contributed by atoms with van der Waals surface area (Å²) in [5, 5.41) is 8.57. The van der Waals surface area contributed by atoms with Crippen LogP contribution < -0.4 is 5.73 Å². The molecule has 15 heavy (non-hydrogen) atoms. The summed E-state index contributed by atoms with van der Waals surface area (Å²) in [5.74, 6) is -4.41. The summed E-state index contributed by atoms with van der Waals surface area (Å²) < 4.78 is 26.0. The summed E-state index contributed by atoms with van der Waals surface area (Å²) in [6, 6.07) is 4.59. The van der Waals surface area contributed by atoms with Crippen molar-refractivity contribution in [3.8, 4) is 0 Å². The molecule has 0 bridgehead atoms. The molecule has 0 aliphatic rings. The van der Waals surface area contributed by atoms with Gasteiger partial charge in [-0.05, 0) is 12.1 Å². The first-order valence-electron chi connectivity index (χ1n) is 3.89. The van der Waals surface area contributed by atoms with Gasteiger partial charge >= 0.3 is 5.97 Å². The molecular formula is C9H10ClF2NO2. The first-order valence-corrected chi connectivity index (χ1v) is 3.89. The van der Waals surface area contributed by atoms with Crippen molar-refractivity contribution in [3.63, 3.8) is 0 Å². The molecule has 3 nitrogen and oxygen atoms in total. The molecule has 0 saturated heterocycles. The van der Waals surface area contributed by atoms with E-state index in [2.05, 4.69) is 0 Å². The Morgan fingerprint density at radius 1 is 1.47 bits per heavy atom. The maximum Gasteiger partial charge on any atom is 0.335 e. The Bertz CT molecular complexity index is 358. The molecule has 84 valence electrons. The average molecular weight is 238 g/mol. The Hall–Kier alpha value is -1.20. The zero-order valence-electron chi connectivity index (χ0n) is 7.61. The molecule has 6 heteroatoms. The Kier molecular flexibility index (Phi) is 4.64. The minimum Gasteiger partial charge on any atom is -0.478 e. The fraction of sp³-hybridized carbons (Fsp3) is 0.222. The monoisotopic (exact) mass is 237 g/mol. The molecule has 0 spiro atoms. The minimum atomic E-state index is -3.18. The van der Waals surface area contributed by atoms with Gasteiger partial charge in [0, 0.05) is 5.56 Å². The van der Waals surface area contributed by atoms with Gasteiger partial charge in [0.2, 0.25) is 0 Å². The van der Waals surface area contributed by atoms with E-state index in [1.54, 1.807) is 0 Å². The lowest BCUT2D eigenvalue weighted by molar-refractivity contribution is 0.00589. The second-order valence-electron chi connectivity index (χ2n) is 2.79. The highest BCUT2D eigenvalue weighted by Gasteiger charge is 2.29. The van der Waals surface area contributed by atoms with E-state index in [0.29, 0.717) is 0 Å². The smallest absolute Gasteiger partial charge is 0.335 e. The highest BCUT2D eigenvalue weighted by Crippen LogP contribution is 2.26. The zero-order valence-corrected chi connectivity index (χ0v) is 8.43. The number of nitrogens with two attached hydrogens (primary N) is 1. The molecule has 3 N–H and O–H groups in total. The Labute approximate surface area is 91.3 Å². The van der Waals surface area contributed by atoms with Crippen molar-refractivity contribution in [1.82, 2.24) is 0 Å². The quantitative estimate of drug-likeness (QED) is 0.843. The Balaban J connectivity index is 0.00000196. The second kappa shape index (κ2) is 5.04. The van der Waals surface area contributed by atoms with Gasteiger partial charge in [-0.2, -0.15) is 8.78 Å². The predicted molar refractivity (Wildman–Crippen MR) is 53.6 cm³/mol. The number of carboxylic acid groups (broad SMARTS) is 1. The number of carboxylic acids is 1. The van der Waals surface area contributed by atoms with Crippen molar-refractivity contribution < 1.29 is 18.7 Å². The number of alkyl halides is 2. The van der Waals surface area contributed by atoms with E-state index in [4.69, 9.17) is 10.8 Å². The Morgan fingerprint density at radius 3 is 2.53 bits per heavy atom. The van der Waals surface area contributed by atoms with Crippen molar-refractivity contribution in [2.45, 2.75) is 5.92 Å². The highest BCUT2D eigenvalue weighted by atomic mass is 35.5. The van der Waals surface area contributed by atoms with E-state index in [1.807, 2.05) is 0 Å². The van der Waals surface area contributed by atoms with Crippen LogP contribution in [-0.4, -0.2) is 17.6 Å². The van der Waals surface area contributed by atoms with Crippen molar-refractivity contribution >= 4 is 18.4 Å². The number of aromatic carboxylic acids is 1. The van der Waals surface area contributed by atoms with E-state index >= 15 is 0 Å². The number of hydrogen-bond donors (Lipinski definition) is 2. The lowest BCUT2D eigenvalue weighted by Crippen LogP contribution is -2.25. The summed E-state index contributed by atoms with van der Waals surface area (Å²) in [4.78, 5) is 10.5. The molecule has 0 amide bonds. The number of hydrogen-bond acceptors (Lipinski definition) is 2. The normalized spacial score (nSPS) is 10.6. The molecule has 1 rings (SSSR count). The van der Waals surface area contributed by atoms with Gasteiger partial charge in [-0.3, -0.25) is 0 Å². The van der Waals surface area contributed by atoms with Crippen LogP contribution in [0.3, 0.4) is 0 Å². The number of benzene rings is 1. The topological polar surface area (TPSA) is 63.3 Å². The lowest BCUT2D eigenvalue weighted by Gasteiger charge is -2.14. The van der Waals surface area contributed by atoms with E-state index in [1.165, 1.54) is 12.1 Å². The van der Waals surface area contributed by atoms with Crippen LogP contribution in [0.25, 0.3) is 0 Å². The van der Waals surface area contributed by atoms with Gasteiger partial charge in [0.1, 0.15) is 0 Å². The molecule has 0 aliphatic heterocycles. The highest BCUT2D eigenvalue weighted by molar-refractivity contribution is 5.87. The lowest BCUT2D eigenvalue weighted by atomic mass is 10.1. The number of rotatable bonds is 3. The van der Waals surface area contributed by atoms with Gasteiger partial charge < -0.3 is 10.8 Å². The van der Waals surface area contributed by atoms with Gasteiger partial charge in [0.05, 0.1) is 12.1 Å². The van der Waals surface area contributed by atoms with E-state index in [9.17, 15) is 13.6 Å². The van der Waals surface area contributed by atoms with Crippen LogP contribution in [0.15, 0.2) is 24.3 Å². The number of halogens is 3. The van der Waals surface area contributed by atoms with E-state index < -0.39 is 18.4 Å². The molecular weight excluding hydrogens is 228 g/mol. The third-order valence-corrected chi connectivity index (χ3v) is 1.79. The molecule has 0 saturated carbocycles. The Morgan fingerprint density at radius 2 is 2.07 bits per heavy atom. The summed E-state index contributed by atoms with van der Waals surface area (Å²) in [7, 11) is 0. The minimum absolute atomic E-state index is 0. The van der Waals surface area contributed by atoms with Gasteiger partial charge in [-0.1, -0.05) is 12.1 Å². The van der Waals surface area contributed by atoms with Crippen LogP contribution in [0.1, 0.15) is 15.9 Å².